The summed E-state index contributed by atoms with van der Waals surface area (Å²) in [7, 11) is 1.49. The van der Waals surface area contributed by atoms with E-state index in [1.807, 2.05) is 38.1 Å². The van der Waals surface area contributed by atoms with E-state index in [-0.39, 0.29) is 17.3 Å². The summed E-state index contributed by atoms with van der Waals surface area (Å²) in [5.41, 5.74) is 3.25. The molecule has 1 aliphatic rings. The SMILES string of the molecule is COc1c(C)cc(C)cc1/C(O)=C1\C(=O)C(=O)N(c2nc3ccccc3[nH]2)C1c1ccco1. The summed E-state index contributed by atoms with van der Waals surface area (Å²) in [5.74, 6) is -1.06. The highest BCUT2D eigenvalue weighted by Gasteiger charge is 2.49. The Kier molecular flexibility index (Phi) is 4.78. The number of aliphatic hydroxyl groups is 1. The van der Waals surface area contributed by atoms with Crippen LogP contribution in [0.1, 0.15) is 28.5 Å². The number of amides is 1. The van der Waals surface area contributed by atoms with Crippen LogP contribution in [0.15, 0.2) is 64.8 Å². The number of benzene rings is 2. The summed E-state index contributed by atoms with van der Waals surface area (Å²) >= 11 is 0. The fourth-order valence-electron chi connectivity index (χ4n) is 4.37. The average Bonchev–Trinajstić information content (AvgIpc) is 3.51. The number of aromatic amines is 1. The highest BCUT2D eigenvalue weighted by Crippen LogP contribution is 2.43. The van der Waals surface area contributed by atoms with Crippen LogP contribution < -0.4 is 9.64 Å². The van der Waals surface area contributed by atoms with Crippen molar-refractivity contribution < 1.29 is 23.8 Å². The number of aryl methyl sites for hydroxylation is 2. The molecule has 0 saturated carbocycles. The Bertz CT molecular complexity index is 1400. The van der Waals surface area contributed by atoms with Gasteiger partial charge in [0.25, 0.3) is 5.78 Å². The second-order valence-electron chi connectivity index (χ2n) is 7.92. The predicted octanol–water partition coefficient (Wildman–Crippen LogP) is 4.41. The quantitative estimate of drug-likeness (QED) is 0.275. The van der Waals surface area contributed by atoms with Gasteiger partial charge in [0.15, 0.2) is 0 Å². The van der Waals surface area contributed by atoms with Gasteiger partial charge in [-0.25, -0.2) is 4.98 Å². The molecular weight excluding hydrogens is 422 g/mol. The molecule has 2 aromatic heterocycles. The zero-order valence-corrected chi connectivity index (χ0v) is 18.2. The molecule has 8 nitrogen and oxygen atoms in total. The number of hydrogen-bond acceptors (Lipinski definition) is 6. The lowest BCUT2D eigenvalue weighted by Gasteiger charge is -2.21. The molecule has 0 bridgehead atoms. The minimum absolute atomic E-state index is 0.0984. The van der Waals surface area contributed by atoms with Crippen LogP contribution in [0.5, 0.6) is 5.75 Å². The van der Waals surface area contributed by atoms with Gasteiger partial charge in [-0.15, -0.1) is 0 Å². The molecule has 3 heterocycles. The number of methoxy groups -OCH3 is 1. The van der Waals surface area contributed by atoms with Crippen LogP contribution in [0.3, 0.4) is 0 Å². The number of ketones is 1. The molecule has 2 aromatic carbocycles. The fourth-order valence-corrected chi connectivity index (χ4v) is 4.37. The number of aliphatic hydroxyl groups excluding tert-OH is 1. The standard InChI is InChI=1S/C25H21N3O5/c1-13-11-14(2)23(32-3)15(12-13)21(29)19-20(18-9-6-10-33-18)28(24(31)22(19)30)25-26-16-7-4-5-8-17(16)27-25/h4-12,20,29H,1-3H3,(H,26,27)/b21-19+. The summed E-state index contributed by atoms with van der Waals surface area (Å²) in [4.78, 5) is 35.3. The van der Waals surface area contributed by atoms with Gasteiger partial charge in [-0.2, -0.15) is 0 Å². The minimum Gasteiger partial charge on any atom is -0.507 e. The highest BCUT2D eigenvalue weighted by atomic mass is 16.5. The number of furan rings is 1. The third kappa shape index (κ3) is 3.18. The molecule has 1 fully saturated rings. The zero-order chi connectivity index (χ0) is 23.3. The Hall–Kier alpha value is -4.33. The molecule has 2 N–H and O–H groups in total. The van der Waals surface area contributed by atoms with E-state index >= 15 is 0 Å². The van der Waals surface area contributed by atoms with Gasteiger partial charge in [-0.05, 0) is 55.3 Å². The molecule has 5 rings (SSSR count). The van der Waals surface area contributed by atoms with E-state index in [2.05, 4.69) is 9.97 Å². The van der Waals surface area contributed by atoms with Gasteiger partial charge >= 0.3 is 5.91 Å². The monoisotopic (exact) mass is 443 g/mol. The van der Waals surface area contributed by atoms with Crippen LogP contribution in [0.2, 0.25) is 0 Å². The number of aromatic nitrogens is 2. The van der Waals surface area contributed by atoms with Crippen molar-refractivity contribution in [1.29, 1.82) is 0 Å². The summed E-state index contributed by atoms with van der Waals surface area (Å²) < 4.78 is 11.1. The number of carbonyl (C=O) groups excluding carboxylic acids is 2. The number of nitrogens with one attached hydrogen (secondary N) is 1. The lowest BCUT2D eigenvalue weighted by molar-refractivity contribution is -0.132. The maximum absolute atomic E-state index is 13.3. The molecular formula is C25H21N3O5. The number of nitrogens with zero attached hydrogens (tertiary/aromatic N) is 2. The van der Waals surface area contributed by atoms with Gasteiger partial charge in [0.05, 0.1) is 35.5 Å². The van der Waals surface area contributed by atoms with Crippen molar-refractivity contribution in [1.82, 2.24) is 9.97 Å². The molecule has 0 aliphatic carbocycles. The first-order chi connectivity index (χ1) is 15.9. The second-order valence-corrected chi connectivity index (χ2v) is 7.92. The Balaban J connectivity index is 1.76. The van der Waals surface area contributed by atoms with Crippen LogP contribution in [0.4, 0.5) is 5.95 Å². The lowest BCUT2D eigenvalue weighted by atomic mass is 9.96. The molecule has 0 radical (unpaired) electrons. The number of carbonyl (C=O) groups is 2. The second kappa shape index (κ2) is 7.67. The first kappa shape index (κ1) is 20.6. The fraction of sp³-hybridized carbons (Fsp3) is 0.160. The molecule has 1 atom stereocenters. The topological polar surface area (TPSA) is 109 Å². The maximum atomic E-state index is 13.3. The van der Waals surface area contributed by atoms with Crippen LogP contribution >= 0.6 is 0 Å². The Labute approximate surface area is 189 Å². The van der Waals surface area contributed by atoms with E-state index in [9.17, 15) is 14.7 Å². The van der Waals surface area contributed by atoms with Crippen LogP contribution in [-0.4, -0.2) is 33.9 Å². The third-order valence-electron chi connectivity index (χ3n) is 5.74. The number of imidazole rings is 1. The maximum Gasteiger partial charge on any atom is 0.302 e. The molecule has 166 valence electrons. The van der Waals surface area contributed by atoms with Crippen molar-refractivity contribution >= 4 is 34.4 Å². The third-order valence-corrected chi connectivity index (χ3v) is 5.74. The van der Waals surface area contributed by atoms with Crippen LogP contribution in [0, 0.1) is 13.8 Å². The number of ether oxygens (including phenoxy) is 1. The first-order valence-corrected chi connectivity index (χ1v) is 10.4. The normalized spacial score (nSPS) is 17.8. The van der Waals surface area contributed by atoms with Crippen molar-refractivity contribution in [2.24, 2.45) is 0 Å². The van der Waals surface area contributed by atoms with Gasteiger partial charge in [0, 0.05) is 0 Å². The molecule has 1 unspecified atom stereocenters. The number of para-hydroxylation sites is 2. The van der Waals surface area contributed by atoms with Crippen molar-refractivity contribution in [3.8, 4) is 5.75 Å². The number of Topliss-reactive ketones (excluding diaryl/α,β-unsaturated/α-hetero) is 1. The zero-order valence-electron chi connectivity index (χ0n) is 18.2. The molecule has 8 heteroatoms. The largest absolute Gasteiger partial charge is 0.507 e. The van der Waals surface area contributed by atoms with Crippen LogP contribution in [-0.2, 0) is 9.59 Å². The molecule has 1 saturated heterocycles. The van der Waals surface area contributed by atoms with Crippen molar-refractivity contribution in [3.05, 3.63) is 82.8 Å². The molecule has 1 aliphatic heterocycles. The van der Waals surface area contributed by atoms with E-state index in [0.717, 1.165) is 11.1 Å². The van der Waals surface area contributed by atoms with E-state index in [4.69, 9.17) is 9.15 Å². The van der Waals surface area contributed by atoms with Crippen molar-refractivity contribution in [2.45, 2.75) is 19.9 Å². The van der Waals surface area contributed by atoms with Crippen molar-refractivity contribution in [3.63, 3.8) is 0 Å². The average molecular weight is 443 g/mol. The highest BCUT2D eigenvalue weighted by molar-refractivity contribution is 6.51. The molecule has 33 heavy (non-hydrogen) atoms. The Morgan fingerprint density at radius 3 is 2.64 bits per heavy atom. The van der Waals surface area contributed by atoms with Gasteiger partial charge in [0.2, 0.25) is 5.95 Å². The minimum atomic E-state index is -1.01. The molecule has 0 spiro atoms. The van der Waals surface area contributed by atoms with Gasteiger partial charge < -0.3 is 19.2 Å². The number of H-pyrrole nitrogens is 1. The van der Waals surface area contributed by atoms with Crippen LogP contribution in [0.25, 0.3) is 16.8 Å². The smallest absolute Gasteiger partial charge is 0.302 e. The van der Waals surface area contributed by atoms with E-state index in [0.29, 0.717) is 28.1 Å². The van der Waals surface area contributed by atoms with Gasteiger partial charge in [-0.3, -0.25) is 14.5 Å². The van der Waals surface area contributed by atoms with Gasteiger partial charge in [-0.1, -0.05) is 18.2 Å². The Morgan fingerprint density at radius 2 is 1.94 bits per heavy atom. The summed E-state index contributed by atoms with van der Waals surface area (Å²) in [6.07, 6.45) is 1.45. The predicted molar refractivity (Wildman–Crippen MR) is 122 cm³/mol. The lowest BCUT2D eigenvalue weighted by Crippen LogP contribution is -2.30. The number of rotatable bonds is 4. The molecule has 4 aromatic rings. The number of fused-ring (bicyclic) bond motifs is 1. The summed E-state index contributed by atoms with van der Waals surface area (Å²) in [6, 6.07) is 13.2. The van der Waals surface area contributed by atoms with E-state index < -0.39 is 17.7 Å². The van der Waals surface area contributed by atoms with Gasteiger partial charge in [0.1, 0.15) is 23.3 Å². The number of hydrogen-bond donors (Lipinski definition) is 2. The van der Waals surface area contributed by atoms with E-state index in [1.54, 1.807) is 24.3 Å². The molecule has 1 amide bonds. The number of anilines is 1. The first-order valence-electron chi connectivity index (χ1n) is 10.4. The van der Waals surface area contributed by atoms with E-state index in [1.165, 1.54) is 18.3 Å². The summed E-state index contributed by atoms with van der Waals surface area (Å²) in [5, 5.41) is 11.4. The van der Waals surface area contributed by atoms with Crippen molar-refractivity contribution in [2.75, 3.05) is 12.0 Å². The summed E-state index contributed by atoms with van der Waals surface area (Å²) in [6.45, 7) is 3.72. The Morgan fingerprint density at radius 1 is 1.15 bits per heavy atom.